The summed E-state index contributed by atoms with van der Waals surface area (Å²) in [5, 5.41) is 0. The molecule has 2 atom stereocenters. The summed E-state index contributed by atoms with van der Waals surface area (Å²) in [5.74, 6) is -0.326. The quantitative estimate of drug-likeness (QED) is 0.494. The Hall–Kier alpha value is -0.610. The molecule has 10 heavy (non-hydrogen) atoms. The van der Waals surface area contributed by atoms with Crippen molar-refractivity contribution < 1.29 is 14.3 Å². The molecule has 0 bridgehead atoms. The fourth-order valence-electron chi connectivity index (χ4n) is 0.947. The van der Waals surface area contributed by atoms with Crippen LogP contribution in [0.1, 0.15) is 6.42 Å². The fraction of sp³-hybridized carbons (Fsp3) is 0.833. The van der Waals surface area contributed by atoms with Crippen molar-refractivity contribution in [3.8, 4) is 0 Å². The van der Waals surface area contributed by atoms with Crippen molar-refractivity contribution in [1.29, 1.82) is 0 Å². The topological polar surface area (TPSA) is 61.5 Å². The molecule has 58 valence electrons. The fourth-order valence-corrected chi connectivity index (χ4v) is 0.947. The van der Waals surface area contributed by atoms with Crippen LogP contribution in [0.15, 0.2) is 0 Å². The molecule has 1 aliphatic heterocycles. The van der Waals surface area contributed by atoms with Crippen LogP contribution in [0.25, 0.3) is 0 Å². The largest absolute Gasteiger partial charge is 0.467 e. The molecule has 1 fully saturated rings. The minimum atomic E-state index is -0.431. The molecule has 2 unspecified atom stereocenters. The van der Waals surface area contributed by atoms with Crippen molar-refractivity contribution in [1.82, 2.24) is 0 Å². The first-order chi connectivity index (χ1) is 4.74. The van der Waals surface area contributed by atoms with Crippen LogP contribution in [-0.4, -0.2) is 31.8 Å². The predicted molar refractivity (Wildman–Crippen MR) is 34.3 cm³/mol. The van der Waals surface area contributed by atoms with E-state index in [9.17, 15) is 4.79 Å². The van der Waals surface area contributed by atoms with Crippen molar-refractivity contribution in [3.05, 3.63) is 0 Å². The Kier molecular flexibility index (Phi) is 2.24. The number of hydrogen-bond acceptors (Lipinski definition) is 4. The summed E-state index contributed by atoms with van der Waals surface area (Å²) in [4.78, 5) is 10.8. The first kappa shape index (κ1) is 7.50. The number of nitrogens with two attached hydrogens (primary N) is 1. The molecule has 1 aliphatic rings. The molecule has 0 aromatic heterocycles. The molecule has 4 nitrogen and oxygen atoms in total. The zero-order chi connectivity index (χ0) is 7.56. The van der Waals surface area contributed by atoms with Crippen LogP contribution < -0.4 is 5.73 Å². The van der Waals surface area contributed by atoms with Crippen LogP contribution in [0.2, 0.25) is 0 Å². The highest BCUT2D eigenvalue weighted by Gasteiger charge is 2.29. The monoisotopic (exact) mass is 145 g/mol. The molecule has 4 heteroatoms. The second kappa shape index (κ2) is 2.98. The molecule has 0 aromatic carbocycles. The molecule has 1 heterocycles. The highest BCUT2D eigenvalue weighted by molar-refractivity contribution is 5.74. The van der Waals surface area contributed by atoms with E-state index in [0.717, 1.165) is 0 Å². The third kappa shape index (κ3) is 1.46. The average molecular weight is 145 g/mol. The number of rotatable bonds is 1. The van der Waals surface area contributed by atoms with E-state index in [4.69, 9.17) is 10.5 Å². The van der Waals surface area contributed by atoms with E-state index in [1.54, 1.807) is 0 Å². The number of ether oxygens (including phenoxy) is 2. The second-order valence-corrected chi connectivity index (χ2v) is 2.34. The summed E-state index contributed by atoms with van der Waals surface area (Å²) in [5.41, 5.74) is 5.48. The van der Waals surface area contributed by atoms with Gasteiger partial charge in [0.2, 0.25) is 0 Å². The lowest BCUT2D eigenvalue weighted by molar-refractivity contribution is -0.151. The van der Waals surface area contributed by atoms with E-state index in [0.29, 0.717) is 13.0 Å². The number of methoxy groups -OCH3 is 1. The summed E-state index contributed by atoms with van der Waals surface area (Å²) in [7, 11) is 1.34. The third-order valence-corrected chi connectivity index (χ3v) is 1.49. The van der Waals surface area contributed by atoms with Gasteiger partial charge in [-0.05, 0) is 0 Å². The van der Waals surface area contributed by atoms with E-state index in [-0.39, 0.29) is 12.0 Å². The zero-order valence-electron chi connectivity index (χ0n) is 5.87. The number of carbonyl (C=O) groups is 1. The van der Waals surface area contributed by atoms with Gasteiger partial charge in [0.1, 0.15) is 0 Å². The van der Waals surface area contributed by atoms with E-state index in [2.05, 4.69) is 4.74 Å². The Labute approximate surface area is 59.3 Å². The Bertz CT molecular complexity index is 137. The second-order valence-electron chi connectivity index (χ2n) is 2.34. The summed E-state index contributed by atoms with van der Waals surface area (Å²) < 4.78 is 9.48. The SMILES string of the molecule is COC(=O)C1CC(N)CO1. The van der Waals surface area contributed by atoms with Crippen LogP contribution in [-0.2, 0) is 14.3 Å². The molecule has 2 N–H and O–H groups in total. The minimum Gasteiger partial charge on any atom is -0.467 e. The summed E-state index contributed by atoms with van der Waals surface area (Å²) in [6, 6.07) is -0.0101. The van der Waals surface area contributed by atoms with E-state index in [1.165, 1.54) is 7.11 Å². The molecule has 1 saturated heterocycles. The maximum atomic E-state index is 10.8. The van der Waals surface area contributed by atoms with Crippen LogP contribution in [0.5, 0.6) is 0 Å². The lowest BCUT2D eigenvalue weighted by Crippen LogP contribution is -2.23. The molecule has 0 aliphatic carbocycles. The molecule has 0 aromatic rings. The Morgan fingerprint density at radius 2 is 2.50 bits per heavy atom. The van der Waals surface area contributed by atoms with E-state index >= 15 is 0 Å². The van der Waals surface area contributed by atoms with Crippen LogP contribution in [0, 0.1) is 0 Å². The van der Waals surface area contributed by atoms with Gasteiger partial charge >= 0.3 is 5.97 Å². The van der Waals surface area contributed by atoms with Gasteiger partial charge < -0.3 is 15.2 Å². The Morgan fingerprint density at radius 1 is 1.80 bits per heavy atom. The third-order valence-electron chi connectivity index (χ3n) is 1.49. The van der Waals surface area contributed by atoms with Gasteiger partial charge in [0.05, 0.1) is 13.7 Å². The predicted octanol–water partition coefficient (Wildman–Crippen LogP) is -0.724. The van der Waals surface area contributed by atoms with Crippen molar-refractivity contribution in [2.24, 2.45) is 5.73 Å². The van der Waals surface area contributed by atoms with Crippen molar-refractivity contribution in [2.75, 3.05) is 13.7 Å². The molecular formula is C6H11NO3. The van der Waals surface area contributed by atoms with Gasteiger partial charge in [0.25, 0.3) is 0 Å². The molecular weight excluding hydrogens is 134 g/mol. The Morgan fingerprint density at radius 3 is 2.90 bits per heavy atom. The summed E-state index contributed by atoms with van der Waals surface area (Å²) in [6.07, 6.45) is 0.146. The van der Waals surface area contributed by atoms with Gasteiger partial charge in [0.15, 0.2) is 6.10 Å². The normalized spacial score (nSPS) is 32.2. The Balaban J connectivity index is 2.37. The standard InChI is InChI=1S/C6H11NO3/c1-9-6(8)5-2-4(7)3-10-5/h4-5H,2-3,7H2,1H3. The molecule has 0 amide bonds. The molecule has 0 saturated carbocycles. The maximum absolute atomic E-state index is 10.8. The van der Waals surface area contributed by atoms with Gasteiger partial charge in [0, 0.05) is 12.5 Å². The lowest BCUT2D eigenvalue weighted by atomic mass is 10.2. The van der Waals surface area contributed by atoms with Gasteiger partial charge in [-0.3, -0.25) is 0 Å². The van der Waals surface area contributed by atoms with Gasteiger partial charge in [-0.2, -0.15) is 0 Å². The zero-order valence-corrected chi connectivity index (χ0v) is 5.87. The van der Waals surface area contributed by atoms with Gasteiger partial charge in [-0.25, -0.2) is 4.79 Å². The maximum Gasteiger partial charge on any atom is 0.335 e. The number of carbonyl (C=O) groups excluding carboxylic acids is 1. The van der Waals surface area contributed by atoms with Crippen LogP contribution in [0.3, 0.4) is 0 Å². The van der Waals surface area contributed by atoms with E-state index < -0.39 is 6.10 Å². The molecule has 0 radical (unpaired) electrons. The molecule has 0 spiro atoms. The summed E-state index contributed by atoms with van der Waals surface area (Å²) in [6.45, 7) is 0.458. The smallest absolute Gasteiger partial charge is 0.335 e. The average Bonchev–Trinajstić information content (AvgIpc) is 2.34. The van der Waals surface area contributed by atoms with Crippen molar-refractivity contribution in [3.63, 3.8) is 0 Å². The number of esters is 1. The van der Waals surface area contributed by atoms with Crippen molar-refractivity contribution in [2.45, 2.75) is 18.6 Å². The van der Waals surface area contributed by atoms with E-state index in [1.807, 2.05) is 0 Å². The van der Waals surface area contributed by atoms with Crippen LogP contribution in [0.4, 0.5) is 0 Å². The van der Waals surface area contributed by atoms with Crippen molar-refractivity contribution >= 4 is 5.97 Å². The highest BCUT2D eigenvalue weighted by atomic mass is 16.6. The first-order valence-corrected chi connectivity index (χ1v) is 3.19. The van der Waals surface area contributed by atoms with Crippen LogP contribution >= 0.6 is 0 Å². The highest BCUT2D eigenvalue weighted by Crippen LogP contribution is 2.11. The molecule has 1 rings (SSSR count). The minimum absolute atomic E-state index is 0.0101. The number of hydrogen-bond donors (Lipinski definition) is 1. The van der Waals surface area contributed by atoms with Gasteiger partial charge in [-0.15, -0.1) is 0 Å². The first-order valence-electron chi connectivity index (χ1n) is 3.19. The lowest BCUT2D eigenvalue weighted by Gasteiger charge is -2.04. The summed E-state index contributed by atoms with van der Waals surface area (Å²) >= 11 is 0. The van der Waals surface area contributed by atoms with Gasteiger partial charge in [-0.1, -0.05) is 0 Å².